The van der Waals surface area contributed by atoms with Crippen molar-refractivity contribution in [3.8, 4) is 0 Å². The van der Waals surface area contributed by atoms with E-state index >= 15 is 0 Å². The van der Waals surface area contributed by atoms with Crippen LogP contribution >= 0.6 is 0 Å². The SMILES string of the molecule is CC(=O)Nc1ccc2nc(F)ccc2c1. The fourth-order valence-corrected chi connectivity index (χ4v) is 1.38. The fraction of sp³-hybridized carbons (Fsp3) is 0.0909. The van der Waals surface area contributed by atoms with Crippen LogP contribution in [-0.2, 0) is 4.79 Å². The molecular weight excluding hydrogens is 195 g/mol. The van der Waals surface area contributed by atoms with E-state index in [0.29, 0.717) is 11.2 Å². The summed E-state index contributed by atoms with van der Waals surface area (Å²) in [6, 6.07) is 8.03. The number of rotatable bonds is 1. The summed E-state index contributed by atoms with van der Waals surface area (Å²) in [5.74, 6) is -0.640. The first-order valence-electron chi connectivity index (χ1n) is 4.49. The van der Waals surface area contributed by atoms with Crippen molar-refractivity contribution in [3.05, 3.63) is 36.3 Å². The molecule has 0 aliphatic carbocycles. The lowest BCUT2D eigenvalue weighted by Crippen LogP contribution is -2.05. The first-order valence-corrected chi connectivity index (χ1v) is 4.49. The number of hydrogen-bond acceptors (Lipinski definition) is 2. The summed E-state index contributed by atoms with van der Waals surface area (Å²) in [4.78, 5) is 14.5. The summed E-state index contributed by atoms with van der Waals surface area (Å²) in [5, 5.41) is 3.45. The predicted octanol–water partition coefficient (Wildman–Crippen LogP) is 2.33. The number of pyridine rings is 1. The Kier molecular flexibility index (Phi) is 2.33. The number of nitrogens with zero attached hydrogens (tertiary/aromatic N) is 1. The maximum absolute atomic E-state index is 12.8. The smallest absolute Gasteiger partial charge is 0.221 e. The molecule has 76 valence electrons. The van der Waals surface area contributed by atoms with E-state index in [-0.39, 0.29) is 5.91 Å². The van der Waals surface area contributed by atoms with Crippen LogP contribution in [0, 0.1) is 5.95 Å². The molecule has 0 aliphatic heterocycles. The molecule has 1 N–H and O–H groups in total. The van der Waals surface area contributed by atoms with Gasteiger partial charge in [-0.25, -0.2) is 4.98 Å². The van der Waals surface area contributed by atoms with Gasteiger partial charge in [0.25, 0.3) is 0 Å². The van der Waals surface area contributed by atoms with E-state index in [9.17, 15) is 9.18 Å². The molecule has 0 bridgehead atoms. The van der Waals surface area contributed by atoms with Crippen LogP contribution in [-0.4, -0.2) is 10.9 Å². The lowest BCUT2D eigenvalue weighted by atomic mass is 10.2. The highest BCUT2D eigenvalue weighted by Crippen LogP contribution is 2.17. The van der Waals surface area contributed by atoms with Gasteiger partial charge >= 0.3 is 0 Å². The maximum atomic E-state index is 12.8. The zero-order chi connectivity index (χ0) is 10.8. The van der Waals surface area contributed by atoms with Crippen molar-refractivity contribution in [1.29, 1.82) is 0 Å². The van der Waals surface area contributed by atoms with Crippen LogP contribution in [0.5, 0.6) is 0 Å². The Morgan fingerprint density at radius 1 is 1.33 bits per heavy atom. The van der Waals surface area contributed by atoms with Crippen molar-refractivity contribution in [3.63, 3.8) is 0 Å². The number of benzene rings is 1. The van der Waals surface area contributed by atoms with Crippen LogP contribution in [0.3, 0.4) is 0 Å². The Morgan fingerprint density at radius 3 is 2.87 bits per heavy atom. The van der Waals surface area contributed by atoms with Crippen LogP contribution in [0.2, 0.25) is 0 Å². The fourth-order valence-electron chi connectivity index (χ4n) is 1.38. The van der Waals surface area contributed by atoms with Gasteiger partial charge in [0.05, 0.1) is 5.52 Å². The molecule has 0 aliphatic rings. The van der Waals surface area contributed by atoms with Gasteiger partial charge in [-0.15, -0.1) is 0 Å². The topological polar surface area (TPSA) is 42.0 Å². The van der Waals surface area contributed by atoms with E-state index in [1.807, 2.05) is 0 Å². The Hall–Kier alpha value is -1.97. The van der Waals surface area contributed by atoms with Crippen LogP contribution in [0.25, 0.3) is 10.9 Å². The molecule has 3 nitrogen and oxygen atoms in total. The second-order valence-electron chi connectivity index (χ2n) is 3.22. The van der Waals surface area contributed by atoms with Gasteiger partial charge in [0.2, 0.25) is 11.9 Å². The molecular formula is C11H9FN2O. The molecule has 0 saturated heterocycles. The Labute approximate surface area is 85.9 Å². The van der Waals surface area contributed by atoms with Crippen molar-refractivity contribution in [2.24, 2.45) is 0 Å². The van der Waals surface area contributed by atoms with E-state index in [2.05, 4.69) is 10.3 Å². The molecule has 0 fully saturated rings. The van der Waals surface area contributed by atoms with Crippen LogP contribution < -0.4 is 5.32 Å². The normalized spacial score (nSPS) is 10.3. The Morgan fingerprint density at radius 2 is 2.13 bits per heavy atom. The molecule has 2 aromatic rings. The average Bonchev–Trinajstić information content (AvgIpc) is 2.17. The molecule has 4 heteroatoms. The second kappa shape index (κ2) is 3.65. The monoisotopic (exact) mass is 204 g/mol. The number of fused-ring (bicyclic) bond motifs is 1. The third-order valence-electron chi connectivity index (χ3n) is 1.98. The number of amides is 1. The van der Waals surface area contributed by atoms with Crippen LogP contribution in [0.4, 0.5) is 10.1 Å². The van der Waals surface area contributed by atoms with Gasteiger partial charge in [0.15, 0.2) is 0 Å². The molecule has 0 radical (unpaired) electrons. The van der Waals surface area contributed by atoms with Crippen molar-refractivity contribution in [1.82, 2.24) is 4.98 Å². The minimum absolute atomic E-state index is 0.135. The van der Waals surface area contributed by atoms with Crippen molar-refractivity contribution < 1.29 is 9.18 Å². The highest BCUT2D eigenvalue weighted by molar-refractivity contribution is 5.92. The summed E-state index contributed by atoms with van der Waals surface area (Å²) >= 11 is 0. The minimum atomic E-state index is -0.505. The molecule has 0 saturated carbocycles. The summed E-state index contributed by atoms with van der Waals surface area (Å²) in [6.07, 6.45) is 0. The third kappa shape index (κ3) is 2.10. The lowest BCUT2D eigenvalue weighted by Gasteiger charge is -2.03. The minimum Gasteiger partial charge on any atom is -0.326 e. The highest BCUT2D eigenvalue weighted by Gasteiger charge is 2.00. The zero-order valence-corrected chi connectivity index (χ0v) is 8.12. The first kappa shape index (κ1) is 9.58. The molecule has 1 aromatic heterocycles. The lowest BCUT2D eigenvalue weighted by molar-refractivity contribution is -0.114. The van der Waals surface area contributed by atoms with Crippen molar-refractivity contribution >= 4 is 22.5 Å². The number of carbonyl (C=O) groups is 1. The molecule has 0 atom stereocenters. The number of carbonyl (C=O) groups excluding carboxylic acids is 1. The van der Waals surface area contributed by atoms with E-state index in [1.54, 1.807) is 24.3 Å². The molecule has 0 unspecified atom stereocenters. The van der Waals surface area contributed by atoms with E-state index in [4.69, 9.17) is 0 Å². The zero-order valence-electron chi connectivity index (χ0n) is 8.12. The van der Waals surface area contributed by atoms with Crippen molar-refractivity contribution in [2.75, 3.05) is 5.32 Å². The quantitative estimate of drug-likeness (QED) is 0.724. The molecule has 15 heavy (non-hydrogen) atoms. The summed E-state index contributed by atoms with van der Waals surface area (Å²) in [7, 11) is 0. The molecule has 1 heterocycles. The number of halogens is 1. The number of aromatic nitrogens is 1. The maximum Gasteiger partial charge on any atom is 0.221 e. The molecule has 1 aromatic carbocycles. The first-order chi connectivity index (χ1) is 7.15. The van der Waals surface area contributed by atoms with Crippen molar-refractivity contribution in [2.45, 2.75) is 6.92 Å². The standard InChI is InChI=1S/C11H9FN2O/c1-7(15)13-9-3-4-10-8(6-9)2-5-11(12)14-10/h2-6H,1H3,(H,13,15). The summed E-state index contributed by atoms with van der Waals surface area (Å²) < 4.78 is 12.8. The van der Waals surface area contributed by atoms with Gasteiger partial charge in [0.1, 0.15) is 0 Å². The van der Waals surface area contributed by atoms with Gasteiger partial charge < -0.3 is 5.32 Å². The van der Waals surface area contributed by atoms with E-state index in [0.717, 1.165) is 5.39 Å². The highest BCUT2D eigenvalue weighted by atomic mass is 19.1. The van der Waals surface area contributed by atoms with E-state index in [1.165, 1.54) is 13.0 Å². The molecule has 2 rings (SSSR count). The van der Waals surface area contributed by atoms with Crippen LogP contribution in [0.15, 0.2) is 30.3 Å². The van der Waals surface area contributed by atoms with Gasteiger partial charge in [0, 0.05) is 18.0 Å². The number of hydrogen-bond donors (Lipinski definition) is 1. The Bertz CT molecular complexity index is 525. The summed E-state index contributed by atoms with van der Waals surface area (Å²) in [6.45, 7) is 1.44. The average molecular weight is 204 g/mol. The van der Waals surface area contributed by atoms with E-state index < -0.39 is 5.95 Å². The largest absolute Gasteiger partial charge is 0.326 e. The molecule has 0 spiro atoms. The number of nitrogens with one attached hydrogen (secondary N) is 1. The Balaban J connectivity index is 2.47. The van der Waals surface area contributed by atoms with Gasteiger partial charge in [-0.05, 0) is 30.3 Å². The van der Waals surface area contributed by atoms with Gasteiger partial charge in [-0.2, -0.15) is 4.39 Å². The molecule has 1 amide bonds. The summed E-state index contributed by atoms with van der Waals surface area (Å²) in [5.41, 5.74) is 1.26. The third-order valence-corrected chi connectivity index (χ3v) is 1.98. The van der Waals surface area contributed by atoms with Crippen LogP contribution in [0.1, 0.15) is 6.92 Å². The van der Waals surface area contributed by atoms with Gasteiger partial charge in [-0.3, -0.25) is 4.79 Å². The van der Waals surface area contributed by atoms with Gasteiger partial charge in [-0.1, -0.05) is 0 Å². The second-order valence-corrected chi connectivity index (χ2v) is 3.22. The predicted molar refractivity (Wildman–Crippen MR) is 56.0 cm³/mol. The number of anilines is 1.